The van der Waals surface area contributed by atoms with Gasteiger partial charge in [0.25, 0.3) is 0 Å². The first kappa shape index (κ1) is 12.6. The molecule has 0 aliphatic carbocycles. The zero-order chi connectivity index (χ0) is 9.28. The van der Waals surface area contributed by atoms with Gasteiger partial charge in [-0.05, 0) is 13.0 Å². The largest absolute Gasteiger partial charge is 0.295 e. The van der Waals surface area contributed by atoms with Gasteiger partial charge in [-0.3, -0.25) is 4.94 Å². The van der Waals surface area contributed by atoms with Gasteiger partial charge in [-0.1, -0.05) is 38.7 Å². The second-order valence-corrected chi connectivity index (χ2v) is 1.72. The Hall–Kier alpha value is -1.05. The summed E-state index contributed by atoms with van der Waals surface area (Å²) in [6.45, 7) is 12.6. The Morgan fingerprint density at radius 2 is 1.73 bits per heavy atom. The topological polar surface area (TPSA) is 9.23 Å². The molecule has 1 nitrogen and oxygen atoms in total. The Morgan fingerprint density at radius 3 is 2.00 bits per heavy atom. The first-order valence-corrected chi connectivity index (χ1v) is 3.48. The molecule has 0 unspecified atom stereocenters. The van der Waals surface area contributed by atoms with Gasteiger partial charge in [0, 0.05) is 4.53 Å². The van der Waals surface area contributed by atoms with Crippen molar-refractivity contribution in [3.63, 3.8) is 0 Å². The van der Waals surface area contributed by atoms with Gasteiger partial charge in [0.1, 0.15) is 0 Å². The minimum Gasteiger partial charge on any atom is -0.295 e. The molecule has 0 atom stereocenters. The quantitative estimate of drug-likeness (QED) is 0.450. The highest BCUT2D eigenvalue weighted by molar-refractivity contribution is 5.18. The lowest BCUT2D eigenvalue weighted by Crippen LogP contribution is -1.71. The number of allylic oxidation sites excluding steroid dienone is 3. The Morgan fingerprint density at radius 1 is 1.27 bits per heavy atom. The van der Waals surface area contributed by atoms with E-state index in [1.54, 1.807) is 13.0 Å². The predicted octanol–water partition coefficient (Wildman–Crippen LogP) is 3.56. The van der Waals surface area contributed by atoms with Crippen molar-refractivity contribution in [1.29, 1.82) is 0 Å². The number of rotatable bonds is 3. The summed E-state index contributed by atoms with van der Waals surface area (Å²) in [7, 11) is 0. The Kier molecular flexibility index (Phi) is 10.3. The minimum atomic E-state index is -0.0157. The number of halogens is 1. The third kappa shape index (κ3) is 12.2. The molecule has 0 aromatic rings. The van der Waals surface area contributed by atoms with Gasteiger partial charge in [0.2, 0.25) is 0 Å². The highest BCUT2D eigenvalue weighted by Crippen LogP contribution is 1.98. The van der Waals surface area contributed by atoms with Gasteiger partial charge < -0.3 is 0 Å². The van der Waals surface area contributed by atoms with Gasteiger partial charge in [0.05, 0.1) is 0 Å². The molecular formula is C9H15FO. The summed E-state index contributed by atoms with van der Waals surface area (Å²) in [5.41, 5.74) is 0.827. The Bertz CT molecular complexity index is 148. The molecule has 0 aromatic carbocycles. The molecule has 0 aromatic heterocycles. The number of hydrogen-bond acceptors (Lipinski definition) is 1. The van der Waals surface area contributed by atoms with Crippen molar-refractivity contribution in [2.75, 3.05) is 0 Å². The molecule has 0 bridgehead atoms. The van der Waals surface area contributed by atoms with Gasteiger partial charge in [0.15, 0.2) is 5.76 Å². The van der Waals surface area contributed by atoms with Crippen LogP contribution < -0.4 is 0 Å². The third-order valence-electron chi connectivity index (χ3n) is 0.653. The first-order valence-electron chi connectivity index (χ1n) is 3.48. The molecule has 0 saturated carbocycles. The second-order valence-electron chi connectivity index (χ2n) is 1.72. The van der Waals surface area contributed by atoms with Gasteiger partial charge in [-0.15, -0.1) is 0 Å². The van der Waals surface area contributed by atoms with Crippen molar-refractivity contribution >= 4 is 0 Å². The van der Waals surface area contributed by atoms with Crippen LogP contribution in [0.1, 0.15) is 20.8 Å². The number of hydrogen-bond donors (Lipinski definition) is 0. The molecule has 0 radical (unpaired) electrons. The van der Waals surface area contributed by atoms with Crippen molar-refractivity contribution < 1.29 is 9.47 Å². The highest BCUT2D eigenvalue weighted by Gasteiger charge is 1.83. The maximum atomic E-state index is 11.2. The third-order valence-corrected chi connectivity index (χ3v) is 0.653. The van der Waals surface area contributed by atoms with Crippen LogP contribution in [0, 0.1) is 0 Å². The smallest absolute Gasteiger partial charge is 0.164 e. The van der Waals surface area contributed by atoms with Crippen LogP contribution in [0.25, 0.3) is 0 Å². The summed E-state index contributed by atoms with van der Waals surface area (Å²) in [5.74, 6) is -0.0157. The fraction of sp³-hybridized carbons (Fsp3) is 0.333. The summed E-state index contributed by atoms with van der Waals surface area (Å²) in [5, 5.41) is 0. The van der Waals surface area contributed by atoms with E-state index in [0.29, 0.717) is 0 Å². The molecule has 0 fully saturated rings. The van der Waals surface area contributed by atoms with E-state index in [2.05, 4.69) is 18.1 Å². The fourth-order valence-electron chi connectivity index (χ4n) is 0.261. The van der Waals surface area contributed by atoms with Gasteiger partial charge in [-0.2, -0.15) is 0 Å². The van der Waals surface area contributed by atoms with Crippen LogP contribution in [0.3, 0.4) is 0 Å². The summed E-state index contributed by atoms with van der Waals surface area (Å²) >= 11 is 0. The normalized spacial score (nSPS) is 8.36. The molecule has 64 valence electrons. The van der Waals surface area contributed by atoms with E-state index in [0.717, 1.165) is 5.57 Å². The van der Waals surface area contributed by atoms with Crippen LogP contribution in [0.4, 0.5) is 4.53 Å². The van der Waals surface area contributed by atoms with Crippen LogP contribution in [-0.2, 0) is 4.94 Å². The molecular weight excluding hydrogens is 143 g/mol. The Labute approximate surface area is 67.8 Å². The lowest BCUT2D eigenvalue weighted by atomic mass is 10.3. The molecule has 0 rings (SSSR count). The SMILES string of the molecule is C=C(C)/C=C\C(=C)OF.CC. The van der Waals surface area contributed by atoms with Crippen LogP contribution in [0.15, 0.2) is 36.6 Å². The Balaban J connectivity index is 0. The minimum absolute atomic E-state index is 0.0157. The zero-order valence-electron chi connectivity index (χ0n) is 7.36. The van der Waals surface area contributed by atoms with Crippen LogP contribution in [0.2, 0.25) is 0 Å². The zero-order valence-corrected chi connectivity index (χ0v) is 7.36. The van der Waals surface area contributed by atoms with E-state index < -0.39 is 0 Å². The van der Waals surface area contributed by atoms with E-state index in [4.69, 9.17) is 0 Å². The molecule has 11 heavy (non-hydrogen) atoms. The fourth-order valence-corrected chi connectivity index (χ4v) is 0.261. The molecule has 0 N–H and O–H groups in total. The lowest BCUT2D eigenvalue weighted by molar-refractivity contribution is -0.0758. The maximum absolute atomic E-state index is 11.2. The van der Waals surface area contributed by atoms with Crippen molar-refractivity contribution in [2.45, 2.75) is 20.8 Å². The van der Waals surface area contributed by atoms with E-state index >= 15 is 0 Å². The average molecular weight is 158 g/mol. The summed E-state index contributed by atoms with van der Waals surface area (Å²) in [6.07, 6.45) is 3.02. The summed E-state index contributed by atoms with van der Waals surface area (Å²) < 4.78 is 11.2. The molecule has 0 saturated heterocycles. The van der Waals surface area contributed by atoms with E-state index in [9.17, 15) is 4.53 Å². The van der Waals surface area contributed by atoms with E-state index in [1.807, 2.05) is 13.8 Å². The van der Waals surface area contributed by atoms with Crippen LogP contribution in [-0.4, -0.2) is 0 Å². The van der Waals surface area contributed by atoms with Crippen molar-refractivity contribution in [3.05, 3.63) is 36.6 Å². The average Bonchev–Trinajstić information content (AvgIpc) is 2.04. The highest BCUT2D eigenvalue weighted by atomic mass is 19.3. The monoisotopic (exact) mass is 158 g/mol. The summed E-state index contributed by atoms with van der Waals surface area (Å²) in [4.78, 5) is 3.28. The predicted molar refractivity (Wildman–Crippen MR) is 46.6 cm³/mol. The van der Waals surface area contributed by atoms with Crippen molar-refractivity contribution in [1.82, 2.24) is 0 Å². The van der Waals surface area contributed by atoms with E-state index in [-0.39, 0.29) is 5.76 Å². The van der Waals surface area contributed by atoms with Gasteiger partial charge >= 0.3 is 0 Å². The lowest BCUT2D eigenvalue weighted by Gasteiger charge is -1.87. The molecule has 0 heterocycles. The second kappa shape index (κ2) is 8.95. The van der Waals surface area contributed by atoms with Crippen molar-refractivity contribution in [2.24, 2.45) is 0 Å². The molecule has 0 aliphatic heterocycles. The van der Waals surface area contributed by atoms with Crippen LogP contribution in [0.5, 0.6) is 0 Å². The molecule has 2 heteroatoms. The van der Waals surface area contributed by atoms with Crippen LogP contribution >= 0.6 is 0 Å². The maximum Gasteiger partial charge on any atom is 0.164 e. The van der Waals surface area contributed by atoms with Crippen molar-refractivity contribution in [3.8, 4) is 0 Å². The molecule has 0 amide bonds. The summed E-state index contributed by atoms with van der Waals surface area (Å²) in [6, 6.07) is 0. The van der Waals surface area contributed by atoms with Gasteiger partial charge in [-0.25, -0.2) is 0 Å². The molecule has 0 aliphatic rings. The first-order chi connectivity index (χ1) is 5.16. The standard InChI is InChI=1S/C7H9FO.C2H6/c1-6(2)4-5-7(3)9-8;1-2/h4-5H,1,3H2,2H3;1-2H3/b5-4-;. The van der Waals surface area contributed by atoms with E-state index in [1.165, 1.54) is 6.08 Å². The molecule has 0 spiro atoms.